The molecule has 0 aromatic carbocycles. The first-order valence-electron chi connectivity index (χ1n) is 18.9. The van der Waals surface area contributed by atoms with E-state index in [0.29, 0.717) is 0 Å². The Kier molecular flexibility index (Phi) is 32.4. The summed E-state index contributed by atoms with van der Waals surface area (Å²) in [6.45, 7) is 7.39. The monoisotopic (exact) mass is 552 g/mol. The second-order valence-electron chi connectivity index (χ2n) is 14.0. The van der Waals surface area contributed by atoms with Crippen LogP contribution in [0.5, 0.6) is 0 Å². The summed E-state index contributed by atoms with van der Waals surface area (Å²) in [5.74, 6) is 0. The highest BCUT2D eigenvalue weighted by Crippen LogP contribution is 2.16. The van der Waals surface area contributed by atoms with Crippen LogP contribution in [-0.4, -0.2) is 31.7 Å². The Morgan fingerprint density at radius 2 is 0.410 bits per heavy atom. The first kappa shape index (κ1) is 39.0. The van der Waals surface area contributed by atoms with E-state index in [9.17, 15) is 0 Å². The van der Waals surface area contributed by atoms with Crippen molar-refractivity contribution in [1.29, 1.82) is 0 Å². The number of hydrogen-bond donors (Lipinski definition) is 0. The zero-order valence-electron chi connectivity index (χ0n) is 29.5. The van der Waals surface area contributed by atoms with Gasteiger partial charge in [0.15, 0.2) is 0 Å². The van der Waals surface area contributed by atoms with E-state index in [1.165, 1.54) is 223 Å². The minimum absolute atomic E-state index is 0. The fourth-order valence-electron chi connectivity index (χ4n) is 6.29. The highest BCUT2D eigenvalue weighted by atomic mass is 15.3. The molecule has 0 heterocycles. The molecule has 237 valence electrons. The van der Waals surface area contributed by atoms with Crippen molar-refractivity contribution >= 4 is 0 Å². The molecule has 0 fully saturated rings. The molecule has 0 N–H and O–H groups in total. The molecule has 0 aliphatic rings. The van der Waals surface area contributed by atoms with E-state index < -0.39 is 0 Å². The Bertz CT molecular complexity index is 397. The summed E-state index contributed by atoms with van der Waals surface area (Å²) in [6.07, 6.45) is 46.9. The van der Waals surface area contributed by atoms with Crippen LogP contribution in [0.2, 0.25) is 0 Å². The molecule has 0 atom stereocenters. The normalized spacial score (nSPS) is 12.0. The van der Waals surface area contributed by atoms with Crippen molar-refractivity contribution in [2.24, 2.45) is 0 Å². The first-order valence-corrected chi connectivity index (χ1v) is 18.9. The van der Waals surface area contributed by atoms with Crippen LogP contribution in [0.1, 0.15) is 221 Å². The minimum atomic E-state index is 0. The standard InChI is InChI=1S/C38H80N.H/c1-5-7-9-11-13-15-17-19-21-23-25-27-29-31-33-35-37-39(3,4)38-36-34-32-30-28-26-24-22-20-18-16-14-12-10-8-6-2;/h5-38H2,1-4H3;/q+1;. The summed E-state index contributed by atoms with van der Waals surface area (Å²) in [5, 5.41) is 0. The maximum Gasteiger partial charge on any atom is 0.0782 e. The van der Waals surface area contributed by atoms with Gasteiger partial charge in [0.1, 0.15) is 0 Å². The van der Waals surface area contributed by atoms with Crippen molar-refractivity contribution in [3.05, 3.63) is 0 Å². The topological polar surface area (TPSA) is 0 Å². The van der Waals surface area contributed by atoms with Crippen LogP contribution in [0.3, 0.4) is 0 Å². The van der Waals surface area contributed by atoms with Crippen LogP contribution in [0.4, 0.5) is 0 Å². The van der Waals surface area contributed by atoms with Gasteiger partial charge in [-0.2, -0.15) is 0 Å². The quantitative estimate of drug-likeness (QED) is 0.0551. The molecule has 0 unspecified atom stereocenters. The third-order valence-electron chi connectivity index (χ3n) is 9.23. The molecule has 0 rings (SSSR count). The van der Waals surface area contributed by atoms with Crippen molar-refractivity contribution in [1.82, 2.24) is 0 Å². The van der Waals surface area contributed by atoms with Gasteiger partial charge >= 0.3 is 0 Å². The van der Waals surface area contributed by atoms with Crippen molar-refractivity contribution in [3.63, 3.8) is 0 Å². The average Bonchev–Trinajstić information content (AvgIpc) is 2.92. The van der Waals surface area contributed by atoms with E-state index in [1.54, 1.807) is 0 Å². The van der Waals surface area contributed by atoms with Crippen molar-refractivity contribution in [3.8, 4) is 0 Å². The average molecular weight is 552 g/mol. The maximum atomic E-state index is 2.47. The molecule has 1 heteroatoms. The lowest BCUT2D eigenvalue weighted by atomic mass is 10.0. The molecular weight excluding hydrogens is 470 g/mol. The molecule has 0 aliphatic carbocycles. The van der Waals surface area contributed by atoms with Gasteiger partial charge in [-0.25, -0.2) is 0 Å². The van der Waals surface area contributed by atoms with Crippen molar-refractivity contribution < 1.29 is 5.91 Å². The zero-order valence-corrected chi connectivity index (χ0v) is 28.5. The molecule has 0 aromatic heterocycles. The van der Waals surface area contributed by atoms with Crippen LogP contribution in [-0.2, 0) is 0 Å². The lowest BCUT2D eigenvalue weighted by Crippen LogP contribution is -2.41. The van der Waals surface area contributed by atoms with Crippen molar-refractivity contribution in [2.75, 3.05) is 27.2 Å². The van der Waals surface area contributed by atoms with Crippen LogP contribution in [0.25, 0.3) is 0 Å². The lowest BCUT2D eigenvalue weighted by Gasteiger charge is -2.30. The van der Waals surface area contributed by atoms with Gasteiger partial charge in [-0.3, -0.25) is 0 Å². The Morgan fingerprint density at radius 3 is 0.590 bits per heavy atom. The van der Waals surface area contributed by atoms with E-state index in [4.69, 9.17) is 0 Å². The number of rotatable bonds is 34. The van der Waals surface area contributed by atoms with Crippen LogP contribution in [0, 0.1) is 0 Å². The second-order valence-corrected chi connectivity index (χ2v) is 14.0. The predicted octanol–water partition coefficient (Wildman–Crippen LogP) is 13.7. The number of unbranched alkanes of at least 4 members (excludes halogenated alkanes) is 30. The smallest absolute Gasteiger partial charge is 0.0782 e. The molecule has 1 nitrogen and oxygen atoms in total. The maximum absolute atomic E-state index is 2.47. The highest BCUT2D eigenvalue weighted by molar-refractivity contribution is 4.52. The molecule has 0 amide bonds. The molecule has 0 saturated carbocycles. The summed E-state index contributed by atoms with van der Waals surface area (Å²) < 4.78 is 1.25. The minimum Gasteiger partial charge on any atom is -0.328 e. The van der Waals surface area contributed by atoms with Gasteiger partial charge in [0, 0.05) is 1.43 Å². The molecule has 0 saturated heterocycles. The lowest BCUT2D eigenvalue weighted by molar-refractivity contribution is -0.890. The molecule has 1 radical (unpaired) electrons. The SMILES string of the molecule is CCCCCCCCCCCCCCCCCC[N+](C)(C)CCCCCCCCCCCCCCCCCC.[H]. The summed E-state index contributed by atoms with van der Waals surface area (Å²) in [5.41, 5.74) is 0. The third-order valence-corrected chi connectivity index (χ3v) is 9.23. The van der Waals surface area contributed by atoms with Gasteiger partial charge in [-0.05, 0) is 25.7 Å². The fourth-order valence-corrected chi connectivity index (χ4v) is 6.29. The molecule has 0 bridgehead atoms. The van der Waals surface area contributed by atoms with Crippen LogP contribution in [0.15, 0.2) is 0 Å². The Balaban J connectivity index is 0. The van der Waals surface area contributed by atoms with E-state index in [-0.39, 0.29) is 1.43 Å². The van der Waals surface area contributed by atoms with Gasteiger partial charge in [0.25, 0.3) is 0 Å². The van der Waals surface area contributed by atoms with E-state index in [2.05, 4.69) is 27.9 Å². The summed E-state index contributed by atoms with van der Waals surface area (Å²) in [6, 6.07) is 0. The van der Waals surface area contributed by atoms with E-state index in [1.807, 2.05) is 0 Å². The van der Waals surface area contributed by atoms with Gasteiger partial charge in [0.05, 0.1) is 27.2 Å². The van der Waals surface area contributed by atoms with Crippen LogP contribution >= 0.6 is 0 Å². The fraction of sp³-hybridized carbons (Fsp3) is 1.00. The van der Waals surface area contributed by atoms with Crippen molar-refractivity contribution in [2.45, 2.75) is 219 Å². The first-order chi connectivity index (χ1) is 19.1. The van der Waals surface area contributed by atoms with Gasteiger partial charge in [-0.15, -0.1) is 0 Å². The molecular formula is C38H81N+. The largest absolute Gasteiger partial charge is 0.328 e. The summed E-state index contributed by atoms with van der Waals surface area (Å²) in [4.78, 5) is 0. The van der Waals surface area contributed by atoms with Gasteiger partial charge < -0.3 is 4.48 Å². The highest BCUT2D eigenvalue weighted by Gasteiger charge is 2.13. The van der Waals surface area contributed by atoms with Crippen LogP contribution < -0.4 is 0 Å². The predicted molar refractivity (Wildman–Crippen MR) is 182 cm³/mol. The van der Waals surface area contributed by atoms with Gasteiger partial charge in [0.2, 0.25) is 0 Å². The molecule has 0 aromatic rings. The number of nitrogens with zero attached hydrogens (tertiary/aromatic N) is 1. The Morgan fingerprint density at radius 1 is 0.256 bits per heavy atom. The Labute approximate surface area is 252 Å². The van der Waals surface area contributed by atoms with E-state index >= 15 is 0 Å². The second kappa shape index (κ2) is 32.5. The number of quaternary nitrogens is 1. The third kappa shape index (κ3) is 34.1. The molecule has 0 spiro atoms. The molecule has 39 heavy (non-hydrogen) atoms. The summed E-state index contributed by atoms with van der Waals surface area (Å²) in [7, 11) is 4.94. The Hall–Kier alpha value is -0.0400. The van der Waals surface area contributed by atoms with Gasteiger partial charge in [-0.1, -0.05) is 194 Å². The zero-order chi connectivity index (χ0) is 28.5. The molecule has 0 aliphatic heterocycles. The van der Waals surface area contributed by atoms with E-state index in [0.717, 1.165) is 0 Å². The number of hydrogen-bond acceptors (Lipinski definition) is 0. The summed E-state index contributed by atoms with van der Waals surface area (Å²) >= 11 is 0.